The zero-order valence-corrected chi connectivity index (χ0v) is 10.4. The first-order valence-electron chi connectivity index (χ1n) is 5.78. The van der Waals surface area contributed by atoms with E-state index in [1.165, 1.54) is 18.0 Å². The minimum Gasteiger partial charge on any atom is -0.478 e. The highest BCUT2D eigenvalue weighted by Gasteiger charge is 2.34. The lowest BCUT2D eigenvalue weighted by molar-refractivity contribution is -0.118. The Kier molecular flexibility index (Phi) is 2.76. The van der Waals surface area contributed by atoms with Gasteiger partial charge in [-0.2, -0.15) is 0 Å². The van der Waals surface area contributed by atoms with E-state index in [-0.39, 0.29) is 17.5 Å². The molecular formula is C12H12N2O3S. The molecule has 2 N–H and O–H groups in total. The van der Waals surface area contributed by atoms with Crippen LogP contribution in [0.25, 0.3) is 0 Å². The molecule has 1 amide bonds. The van der Waals surface area contributed by atoms with E-state index in [1.807, 2.05) is 0 Å². The Bertz CT molecular complexity index is 532. The first-order chi connectivity index (χ1) is 8.65. The van der Waals surface area contributed by atoms with Crippen molar-refractivity contribution in [1.29, 1.82) is 0 Å². The molecule has 0 aromatic heterocycles. The van der Waals surface area contributed by atoms with Crippen LogP contribution >= 0.6 is 11.9 Å². The highest BCUT2D eigenvalue weighted by Crippen LogP contribution is 2.38. The number of hydrogen-bond acceptors (Lipinski definition) is 4. The molecule has 0 spiro atoms. The Hall–Kier alpha value is -1.53. The van der Waals surface area contributed by atoms with Gasteiger partial charge in [-0.1, -0.05) is 0 Å². The van der Waals surface area contributed by atoms with E-state index in [9.17, 15) is 9.59 Å². The van der Waals surface area contributed by atoms with E-state index in [0.717, 1.165) is 24.3 Å². The number of anilines is 1. The van der Waals surface area contributed by atoms with Crippen LogP contribution in [0.1, 0.15) is 23.2 Å². The van der Waals surface area contributed by atoms with Crippen molar-refractivity contribution in [2.24, 2.45) is 0 Å². The SMILES string of the molecule is O=C(O)c1ccc2c(c1)NC(=O)C1CCCN1S2. The van der Waals surface area contributed by atoms with E-state index in [1.54, 1.807) is 12.1 Å². The highest BCUT2D eigenvalue weighted by atomic mass is 32.2. The Balaban J connectivity index is 2.00. The van der Waals surface area contributed by atoms with Gasteiger partial charge in [-0.05, 0) is 43.0 Å². The van der Waals surface area contributed by atoms with E-state index < -0.39 is 5.97 Å². The summed E-state index contributed by atoms with van der Waals surface area (Å²) in [4.78, 5) is 23.8. The summed E-state index contributed by atoms with van der Waals surface area (Å²) in [6, 6.07) is 4.74. The minimum absolute atomic E-state index is 0.0405. The molecule has 0 radical (unpaired) electrons. The number of carbonyl (C=O) groups excluding carboxylic acids is 1. The summed E-state index contributed by atoms with van der Waals surface area (Å²) in [6.07, 6.45) is 1.88. The van der Waals surface area contributed by atoms with Gasteiger partial charge in [0.2, 0.25) is 5.91 Å². The van der Waals surface area contributed by atoms with Gasteiger partial charge >= 0.3 is 5.97 Å². The molecule has 2 aliphatic rings. The molecule has 1 unspecified atom stereocenters. The number of nitrogens with zero attached hydrogens (tertiary/aromatic N) is 1. The van der Waals surface area contributed by atoms with Crippen LogP contribution in [-0.4, -0.2) is 33.9 Å². The van der Waals surface area contributed by atoms with Crippen molar-refractivity contribution >= 4 is 29.5 Å². The monoisotopic (exact) mass is 264 g/mol. The smallest absolute Gasteiger partial charge is 0.335 e. The largest absolute Gasteiger partial charge is 0.478 e. The van der Waals surface area contributed by atoms with Crippen LogP contribution in [0.5, 0.6) is 0 Å². The maximum absolute atomic E-state index is 12.0. The number of benzene rings is 1. The molecule has 6 heteroatoms. The topological polar surface area (TPSA) is 69.6 Å². The molecule has 2 heterocycles. The predicted octanol–water partition coefficient (Wildman–Crippen LogP) is 1.81. The maximum atomic E-state index is 12.0. The van der Waals surface area contributed by atoms with Crippen molar-refractivity contribution in [1.82, 2.24) is 4.31 Å². The Labute approximate surface area is 108 Å². The molecule has 0 aliphatic carbocycles. The fourth-order valence-electron chi connectivity index (χ4n) is 2.29. The second-order valence-electron chi connectivity index (χ2n) is 4.40. The molecule has 0 bridgehead atoms. The number of nitrogens with one attached hydrogen (secondary N) is 1. The molecule has 18 heavy (non-hydrogen) atoms. The van der Waals surface area contributed by atoms with Crippen LogP contribution in [-0.2, 0) is 4.79 Å². The fourth-order valence-corrected chi connectivity index (χ4v) is 3.43. The van der Waals surface area contributed by atoms with E-state index >= 15 is 0 Å². The lowest BCUT2D eigenvalue weighted by Gasteiger charge is -2.17. The van der Waals surface area contributed by atoms with Crippen LogP contribution < -0.4 is 5.32 Å². The number of carboxylic acids is 1. The van der Waals surface area contributed by atoms with Gasteiger partial charge in [0.1, 0.15) is 0 Å². The summed E-state index contributed by atoms with van der Waals surface area (Å²) in [5, 5.41) is 11.8. The van der Waals surface area contributed by atoms with Gasteiger partial charge in [0.15, 0.2) is 0 Å². The lowest BCUT2D eigenvalue weighted by atomic mass is 10.2. The maximum Gasteiger partial charge on any atom is 0.335 e. The van der Waals surface area contributed by atoms with Gasteiger partial charge in [-0.25, -0.2) is 9.10 Å². The molecular weight excluding hydrogens is 252 g/mol. The third kappa shape index (κ3) is 1.87. The van der Waals surface area contributed by atoms with Crippen LogP contribution in [0, 0.1) is 0 Å². The molecule has 2 aliphatic heterocycles. The Morgan fingerprint density at radius 2 is 2.33 bits per heavy atom. The molecule has 0 saturated carbocycles. The standard InChI is InChI=1S/C12H12N2O3S/c15-11-9-2-1-5-14(9)18-10-4-3-7(12(16)17)6-8(10)13-11/h3-4,6,9H,1-2,5H2,(H,13,15)(H,16,17). The van der Waals surface area contributed by atoms with Crippen LogP contribution in [0.2, 0.25) is 0 Å². The number of rotatable bonds is 1. The van der Waals surface area contributed by atoms with Gasteiger partial charge in [0.05, 0.1) is 17.3 Å². The van der Waals surface area contributed by atoms with Crippen molar-refractivity contribution in [3.63, 3.8) is 0 Å². The zero-order valence-electron chi connectivity index (χ0n) is 9.55. The normalized spacial score (nSPS) is 22.9. The molecule has 1 atom stereocenters. The average Bonchev–Trinajstić information content (AvgIpc) is 2.74. The average molecular weight is 264 g/mol. The van der Waals surface area contributed by atoms with Crippen molar-refractivity contribution < 1.29 is 14.7 Å². The second kappa shape index (κ2) is 4.29. The molecule has 5 nitrogen and oxygen atoms in total. The number of hydrogen-bond donors (Lipinski definition) is 2. The molecule has 1 fully saturated rings. The van der Waals surface area contributed by atoms with Crippen molar-refractivity contribution in [2.45, 2.75) is 23.8 Å². The van der Waals surface area contributed by atoms with Gasteiger partial charge in [0, 0.05) is 11.4 Å². The van der Waals surface area contributed by atoms with Crippen molar-refractivity contribution in [3.8, 4) is 0 Å². The molecule has 1 aromatic carbocycles. The number of carboxylic acid groups (broad SMARTS) is 1. The molecule has 94 valence electrons. The van der Waals surface area contributed by atoms with Gasteiger partial charge in [-0.3, -0.25) is 4.79 Å². The summed E-state index contributed by atoms with van der Waals surface area (Å²) >= 11 is 1.53. The van der Waals surface area contributed by atoms with Crippen LogP contribution in [0.4, 0.5) is 5.69 Å². The van der Waals surface area contributed by atoms with Gasteiger partial charge in [0.25, 0.3) is 0 Å². The minimum atomic E-state index is -0.984. The van der Waals surface area contributed by atoms with E-state index in [0.29, 0.717) is 5.69 Å². The first-order valence-corrected chi connectivity index (χ1v) is 6.55. The number of amides is 1. The summed E-state index contributed by atoms with van der Waals surface area (Å²) in [7, 11) is 0. The summed E-state index contributed by atoms with van der Waals surface area (Å²) in [5.41, 5.74) is 0.788. The predicted molar refractivity (Wildman–Crippen MR) is 67.6 cm³/mol. The number of carbonyl (C=O) groups is 2. The molecule has 3 rings (SSSR count). The number of aromatic carboxylic acids is 1. The summed E-state index contributed by atoms with van der Waals surface area (Å²) < 4.78 is 2.07. The third-order valence-electron chi connectivity index (χ3n) is 3.21. The zero-order chi connectivity index (χ0) is 12.7. The van der Waals surface area contributed by atoms with E-state index in [2.05, 4.69) is 9.62 Å². The molecule has 1 aromatic rings. The quantitative estimate of drug-likeness (QED) is 0.757. The Morgan fingerprint density at radius 1 is 1.50 bits per heavy atom. The summed E-state index contributed by atoms with van der Waals surface area (Å²) in [6.45, 7) is 0.892. The van der Waals surface area contributed by atoms with Crippen LogP contribution in [0.15, 0.2) is 23.1 Å². The highest BCUT2D eigenvalue weighted by molar-refractivity contribution is 7.97. The molecule has 1 saturated heterocycles. The Morgan fingerprint density at radius 3 is 3.11 bits per heavy atom. The van der Waals surface area contributed by atoms with E-state index in [4.69, 9.17) is 5.11 Å². The van der Waals surface area contributed by atoms with Crippen LogP contribution in [0.3, 0.4) is 0 Å². The van der Waals surface area contributed by atoms with Crippen molar-refractivity contribution in [2.75, 3.05) is 11.9 Å². The third-order valence-corrected chi connectivity index (χ3v) is 4.43. The summed E-state index contributed by atoms with van der Waals surface area (Å²) in [5.74, 6) is -1.02. The second-order valence-corrected chi connectivity index (χ2v) is 5.49. The fraction of sp³-hybridized carbons (Fsp3) is 0.333. The number of fused-ring (bicyclic) bond motifs is 2. The van der Waals surface area contributed by atoms with Crippen molar-refractivity contribution in [3.05, 3.63) is 23.8 Å². The first kappa shape index (κ1) is 11.6. The van der Waals surface area contributed by atoms with Gasteiger partial charge < -0.3 is 10.4 Å². The lowest BCUT2D eigenvalue weighted by Crippen LogP contribution is -2.33. The van der Waals surface area contributed by atoms with Gasteiger partial charge in [-0.15, -0.1) is 0 Å².